The molecule has 12 nitrogen and oxygen atoms in total. The van der Waals surface area contributed by atoms with Crippen molar-refractivity contribution in [2.75, 3.05) is 27.4 Å². The van der Waals surface area contributed by atoms with Crippen molar-refractivity contribution in [2.45, 2.75) is 57.2 Å². The smallest absolute Gasteiger partial charge is 0.329 e. The van der Waals surface area contributed by atoms with E-state index in [1.165, 1.54) is 21.1 Å². The first-order valence-corrected chi connectivity index (χ1v) is 12.8. The number of hydrogen-bond donors (Lipinski definition) is 2. The molecule has 2 saturated heterocycles. The Morgan fingerprint density at radius 1 is 1.02 bits per heavy atom. The molecule has 2 N–H and O–H groups in total. The Labute approximate surface area is 231 Å². The second-order valence-corrected chi connectivity index (χ2v) is 9.21. The molecule has 12 heteroatoms. The van der Waals surface area contributed by atoms with Crippen molar-refractivity contribution >= 4 is 17.7 Å². The average Bonchev–Trinajstić information content (AvgIpc) is 2.95. The number of fused-ring (bicyclic) bond motifs is 1. The number of methoxy groups -OCH3 is 2. The summed E-state index contributed by atoms with van der Waals surface area (Å²) in [5, 5.41) is 12.1. The Morgan fingerprint density at radius 3 is 2.45 bits per heavy atom. The lowest BCUT2D eigenvalue weighted by Crippen LogP contribution is -2.68. The lowest BCUT2D eigenvalue weighted by Gasteiger charge is -2.49. The van der Waals surface area contributed by atoms with Gasteiger partial charge in [-0.2, -0.15) is 0 Å². The third-order valence-electron chi connectivity index (χ3n) is 6.54. The molecule has 1 amide bonds. The second kappa shape index (κ2) is 13.1. The molecule has 2 heterocycles. The number of hydrogen-bond acceptors (Lipinski definition) is 10. The van der Waals surface area contributed by atoms with Gasteiger partial charge in [0.15, 0.2) is 23.6 Å². The van der Waals surface area contributed by atoms with Gasteiger partial charge in [-0.3, -0.25) is 9.59 Å². The van der Waals surface area contributed by atoms with E-state index in [1.54, 1.807) is 49.4 Å². The Balaban J connectivity index is 1.65. The molecule has 0 bridgehead atoms. The van der Waals surface area contributed by atoms with Gasteiger partial charge in [0.1, 0.15) is 36.7 Å². The number of ketones is 1. The van der Waals surface area contributed by atoms with Crippen LogP contribution in [0.3, 0.4) is 0 Å². The lowest BCUT2D eigenvalue weighted by atomic mass is 9.95. The summed E-state index contributed by atoms with van der Waals surface area (Å²) >= 11 is 0. The summed E-state index contributed by atoms with van der Waals surface area (Å²) < 4.78 is 41.1. The van der Waals surface area contributed by atoms with E-state index in [4.69, 9.17) is 33.2 Å². The zero-order chi connectivity index (χ0) is 28.8. The maximum atomic E-state index is 12.5. The molecule has 0 spiro atoms. The van der Waals surface area contributed by atoms with E-state index in [2.05, 4.69) is 5.32 Å². The van der Waals surface area contributed by atoms with E-state index >= 15 is 0 Å². The molecule has 0 aliphatic carbocycles. The quantitative estimate of drug-likeness (QED) is 0.391. The topological polar surface area (TPSA) is 148 Å². The van der Waals surface area contributed by atoms with Gasteiger partial charge in [-0.05, 0) is 24.3 Å². The zero-order valence-electron chi connectivity index (χ0n) is 22.7. The van der Waals surface area contributed by atoms with Crippen LogP contribution in [0.15, 0.2) is 42.5 Å². The lowest BCUT2D eigenvalue weighted by molar-refractivity contribution is -0.337. The van der Waals surface area contributed by atoms with Crippen LogP contribution in [0, 0.1) is 0 Å². The molecule has 0 radical (unpaired) electrons. The number of ether oxygens (including phenoxy) is 7. The minimum atomic E-state index is -1.20. The zero-order valence-corrected chi connectivity index (χ0v) is 22.7. The van der Waals surface area contributed by atoms with Gasteiger partial charge in [0.2, 0.25) is 12.2 Å². The van der Waals surface area contributed by atoms with Crippen LogP contribution >= 0.6 is 0 Å². The van der Waals surface area contributed by atoms with Crippen molar-refractivity contribution < 1.29 is 52.6 Å². The Hall–Kier alpha value is -3.71. The van der Waals surface area contributed by atoms with Gasteiger partial charge in [0, 0.05) is 18.9 Å². The van der Waals surface area contributed by atoms with Gasteiger partial charge in [0.05, 0.1) is 26.4 Å². The summed E-state index contributed by atoms with van der Waals surface area (Å²) in [5.74, 6) is -0.517. The first-order valence-electron chi connectivity index (χ1n) is 12.8. The summed E-state index contributed by atoms with van der Waals surface area (Å²) in [7, 11) is 3.03. The number of amides is 1. The number of nitrogens with one attached hydrogen (secondary N) is 1. The third kappa shape index (κ3) is 6.53. The van der Waals surface area contributed by atoms with E-state index < -0.39 is 55.4 Å². The normalized spacial score (nSPS) is 25.8. The van der Waals surface area contributed by atoms with Gasteiger partial charge < -0.3 is 43.6 Å². The maximum absolute atomic E-state index is 12.5. The molecule has 2 aliphatic heterocycles. The Morgan fingerprint density at radius 2 is 1.77 bits per heavy atom. The molecule has 2 aromatic carbocycles. The van der Waals surface area contributed by atoms with E-state index in [1.807, 2.05) is 0 Å². The number of para-hydroxylation sites is 1. The van der Waals surface area contributed by atoms with Crippen LogP contribution in [0.5, 0.6) is 17.2 Å². The van der Waals surface area contributed by atoms with Crippen LogP contribution in [-0.4, -0.2) is 80.8 Å². The molecular formula is C28H33NO11. The number of carboxylic acid groups (broad SMARTS) is 1. The highest BCUT2D eigenvalue weighted by atomic mass is 16.8. The minimum Gasteiger partial charge on any atom is -0.493 e. The Kier molecular flexibility index (Phi) is 9.58. The number of benzene rings is 2. The van der Waals surface area contributed by atoms with Crippen LogP contribution in [0.1, 0.15) is 42.5 Å². The van der Waals surface area contributed by atoms with Crippen molar-refractivity contribution in [3.8, 4) is 17.2 Å². The van der Waals surface area contributed by atoms with Gasteiger partial charge in [0.25, 0.3) is 0 Å². The summed E-state index contributed by atoms with van der Waals surface area (Å²) in [6.45, 7) is 2.43. The van der Waals surface area contributed by atoms with Crippen LogP contribution < -0.4 is 19.5 Å². The minimum absolute atomic E-state index is 0.0405. The predicted octanol–water partition coefficient (Wildman–Crippen LogP) is 2.49. The van der Waals surface area contributed by atoms with Crippen LogP contribution in [0.4, 0.5) is 0 Å². The van der Waals surface area contributed by atoms with Gasteiger partial charge in [-0.15, -0.1) is 0 Å². The standard InChI is InChI=1S/C28H33NO11/c1-5-18(31)17-8-6-7-9-19(17)38-28-24(29-15(2)30)26(36-14-23(32)33)25-22(39-28)13-37-27(40-25)16-10-11-20(34-3)21(12-16)35-4/h6-12,22,24-28H,5,13-14H2,1-4H3,(H,29,30)(H,32,33). The summed E-state index contributed by atoms with van der Waals surface area (Å²) in [4.78, 5) is 36.2. The largest absolute Gasteiger partial charge is 0.493 e. The fraction of sp³-hybridized carbons (Fsp3) is 0.464. The van der Waals surface area contributed by atoms with Crippen molar-refractivity contribution in [3.63, 3.8) is 0 Å². The van der Waals surface area contributed by atoms with Crippen LogP contribution in [0.25, 0.3) is 0 Å². The van der Waals surface area contributed by atoms with Crippen molar-refractivity contribution in [2.24, 2.45) is 0 Å². The van der Waals surface area contributed by atoms with Crippen molar-refractivity contribution in [3.05, 3.63) is 53.6 Å². The van der Waals surface area contributed by atoms with E-state index in [0.717, 1.165) is 0 Å². The number of aliphatic carboxylic acids is 1. The molecule has 0 saturated carbocycles. The van der Waals surface area contributed by atoms with E-state index in [-0.39, 0.29) is 24.6 Å². The molecule has 216 valence electrons. The molecule has 4 rings (SSSR count). The number of rotatable bonds is 11. The SMILES string of the molecule is CCC(=O)c1ccccc1OC1OC2COC(c3ccc(OC)c(OC)c3)OC2C(OCC(=O)O)C1NC(C)=O. The van der Waals surface area contributed by atoms with Crippen LogP contribution in [-0.2, 0) is 28.5 Å². The number of carbonyl (C=O) groups excluding carboxylic acids is 2. The van der Waals surface area contributed by atoms with Crippen LogP contribution in [0.2, 0.25) is 0 Å². The van der Waals surface area contributed by atoms with Gasteiger partial charge in [-0.1, -0.05) is 25.1 Å². The third-order valence-corrected chi connectivity index (χ3v) is 6.54. The molecule has 2 aliphatic rings. The summed E-state index contributed by atoms with van der Waals surface area (Å²) in [6, 6.07) is 10.9. The monoisotopic (exact) mass is 559 g/mol. The summed E-state index contributed by atoms with van der Waals surface area (Å²) in [5.41, 5.74) is 0.972. The first-order chi connectivity index (χ1) is 19.2. The molecule has 2 fully saturated rings. The van der Waals surface area contributed by atoms with Gasteiger partial charge in [-0.25, -0.2) is 4.79 Å². The first kappa shape index (κ1) is 29.3. The maximum Gasteiger partial charge on any atom is 0.329 e. The molecule has 0 aromatic heterocycles. The van der Waals surface area contributed by atoms with E-state index in [9.17, 15) is 19.5 Å². The molecular weight excluding hydrogens is 526 g/mol. The van der Waals surface area contributed by atoms with Crippen molar-refractivity contribution in [1.29, 1.82) is 0 Å². The predicted molar refractivity (Wildman–Crippen MR) is 138 cm³/mol. The highest BCUT2D eigenvalue weighted by Crippen LogP contribution is 2.38. The highest BCUT2D eigenvalue weighted by Gasteiger charge is 2.52. The molecule has 2 aromatic rings. The summed E-state index contributed by atoms with van der Waals surface area (Å²) in [6.07, 6.45) is -4.38. The second-order valence-electron chi connectivity index (χ2n) is 9.21. The molecule has 40 heavy (non-hydrogen) atoms. The fourth-order valence-corrected chi connectivity index (χ4v) is 4.71. The molecule has 6 atom stereocenters. The Bertz CT molecular complexity index is 1220. The number of carboxylic acids is 1. The average molecular weight is 560 g/mol. The highest BCUT2D eigenvalue weighted by molar-refractivity contribution is 5.98. The van der Waals surface area contributed by atoms with Crippen molar-refractivity contribution in [1.82, 2.24) is 5.32 Å². The van der Waals surface area contributed by atoms with Gasteiger partial charge >= 0.3 is 5.97 Å². The fourth-order valence-electron chi connectivity index (χ4n) is 4.71. The number of Topliss-reactive ketones (excluding diaryl/α,β-unsaturated/α-hetero) is 1. The number of carbonyl (C=O) groups is 3. The van der Waals surface area contributed by atoms with E-state index in [0.29, 0.717) is 22.6 Å². The molecule has 6 unspecified atom stereocenters.